The van der Waals surface area contributed by atoms with Crippen molar-refractivity contribution in [1.29, 1.82) is 5.26 Å². The largest absolute Gasteiger partial charge is 0.343 e. The van der Waals surface area contributed by atoms with E-state index in [1.54, 1.807) is 6.07 Å². The highest BCUT2D eigenvalue weighted by Crippen LogP contribution is 2.37. The van der Waals surface area contributed by atoms with Gasteiger partial charge in [-0.05, 0) is 47.3 Å². The summed E-state index contributed by atoms with van der Waals surface area (Å²) in [6, 6.07) is 5.81. The summed E-state index contributed by atoms with van der Waals surface area (Å²) in [5, 5.41) is 9.79. The number of aromatic nitrogens is 1. The molecule has 0 bridgehead atoms. The van der Waals surface area contributed by atoms with Gasteiger partial charge >= 0.3 is 0 Å². The van der Waals surface area contributed by atoms with E-state index in [0.29, 0.717) is 21.5 Å². The van der Waals surface area contributed by atoms with Crippen LogP contribution in [0.2, 0.25) is 0 Å². The Hall–Kier alpha value is -1.34. The van der Waals surface area contributed by atoms with Crippen molar-refractivity contribution in [1.82, 2.24) is 4.57 Å². The van der Waals surface area contributed by atoms with Crippen LogP contribution in [0.4, 0.5) is 4.39 Å². The second-order valence-corrected chi connectivity index (χ2v) is 5.28. The standard InChI is InChI=1S/C13H10BrFN2/c14-11-5-13-10(4-12(11)15)8(6-16)7-17(13)9-2-1-3-9/h4-5,7,9H,1-3H2. The van der Waals surface area contributed by atoms with E-state index in [0.717, 1.165) is 18.4 Å². The molecule has 1 saturated carbocycles. The number of nitrogens with zero attached hydrogens (tertiary/aromatic N) is 2. The number of nitriles is 1. The van der Waals surface area contributed by atoms with Crippen LogP contribution in [0.15, 0.2) is 22.8 Å². The summed E-state index contributed by atoms with van der Waals surface area (Å²) in [5.41, 5.74) is 1.50. The van der Waals surface area contributed by atoms with Crippen LogP contribution in [-0.2, 0) is 0 Å². The first kappa shape index (κ1) is 10.8. The van der Waals surface area contributed by atoms with Gasteiger partial charge in [0.1, 0.15) is 11.9 Å². The highest BCUT2D eigenvalue weighted by atomic mass is 79.9. The van der Waals surface area contributed by atoms with Crippen molar-refractivity contribution in [3.63, 3.8) is 0 Å². The molecule has 0 atom stereocenters. The average molecular weight is 293 g/mol. The Bertz CT molecular complexity index is 635. The number of benzene rings is 1. The van der Waals surface area contributed by atoms with E-state index in [1.165, 1.54) is 12.5 Å². The number of fused-ring (bicyclic) bond motifs is 1. The van der Waals surface area contributed by atoms with E-state index in [9.17, 15) is 4.39 Å². The molecule has 0 radical (unpaired) electrons. The van der Waals surface area contributed by atoms with Crippen LogP contribution in [0.1, 0.15) is 30.9 Å². The molecule has 4 heteroatoms. The molecule has 0 aliphatic heterocycles. The Morgan fingerprint density at radius 1 is 1.41 bits per heavy atom. The topological polar surface area (TPSA) is 28.7 Å². The van der Waals surface area contributed by atoms with Gasteiger partial charge in [-0.2, -0.15) is 5.26 Å². The van der Waals surface area contributed by atoms with E-state index in [1.807, 2.05) is 6.20 Å². The smallest absolute Gasteiger partial charge is 0.138 e. The van der Waals surface area contributed by atoms with E-state index < -0.39 is 0 Å². The fraction of sp³-hybridized carbons (Fsp3) is 0.308. The zero-order valence-corrected chi connectivity index (χ0v) is 10.7. The predicted molar refractivity (Wildman–Crippen MR) is 67.2 cm³/mol. The van der Waals surface area contributed by atoms with Crippen LogP contribution < -0.4 is 0 Å². The molecular formula is C13H10BrFN2. The van der Waals surface area contributed by atoms with E-state index in [-0.39, 0.29) is 5.82 Å². The Balaban J connectivity index is 2.29. The van der Waals surface area contributed by atoms with Gasteiger partial charge in [-0.3, -0.25) is 0 Å². The van der Waals surface area contributed by atoms with Gasteiger partial charge in [0.15, 0.2) is 0 Å². The molecule has 0 spiro atoms. The Morgan fingerprint density at radius 3 is 2.76 bits per heavy atom. The Morgan fingerprint density at radius 2 is 2.18 bits per heavy atom. The maximum Gasteiger partial charge on any atom is 0.138 e. The molecule has 0 unspecified atom stereocenters. The Labute approximate surface area is 107 Å². The first-order valence-electron chi connectivity index (χ1n) is 5.60. The highest BCUT2D eigenvalue weighted by Gasteiger charge is 2.22. The molecule has 17 heavy (non-hydrogen) atoms. The van der Waals surface area contributed by atoms with Crippen LogP contribution in [0.25, 0.3) is 10.9 Å². The zero-order chi connectivity index (χ0) is 12.0. The quantitative estimate of drug-likeness (QED) is 0.776. The van der Waals surface area contributed by atoms with Crippen molar-refractivity contribution in [3.8, 4) is 6.07 Å². The maximum atomic E-state index is 13.5. The summed E-state index contributed by atoms with van der Waals surface area (Å²) in [5.74, 6) is -0.319. The third kappa shape index (κ3) is 1.57. The second-order valence-electron chi connectivity index (χ2n) is 4.43. The second kappa shape index (κ2) is 3.85. The van der Waals surface area contributed by atoms with Crippen molar-refractivity contribution in [2.24, 2.45) is 0 Å². The minimum atomic E-state index is -0.319. The normalized spacial score (nSPS) is 15.8. The van der Waals surface area contributed by atoms with Gasteiger partial charge in [-0.15, -0.1) is 0 Å². The van der Waals surface area contributed by atoms with Crippen LogP contribution in [0.5, 0.6) is 0 Å². The molecule has 2 aromatic rings. The third-order valence-corrected chi connectivity index (χ3v) is 4.07. The summed E-state index contributed by atoms with van der Waals surface area (Å²) < 4.78 is 16.1. The molecule has 1 fully saturated rings. The number of hydrogen-bond acceptors (Lipinski definition) is 1. The van der Waals surface area contributed by atoms with Gasteiger partial charge in [0, 0.05) is 17.6 Å². The first-order chi connectivity index (χ1) is 8.20. The van der Waals surface area contributed by atoms with Crippen molar-refractivity contribution in [2.45, 2.75) is 25.3 Å². The van der Waals surface area contributed by atoms with Crippen molar-refractivity contribution in [3.05, 3.63) is 34.2 Å². The minimum Gasteiger partial charge on any atom is -0.343 e. The number of hydrogen-bond donors (Lipinski definition) is 0. The lowest BCUT2D eigenvalue weighted by atomic mass is 9.93. The average Bonchev–Trinajstić information content (AvgIpc) is 2.56. The minimum absolute atomic E-state index is 0.319. The van der Waals surface area contributed by atoms with Crippen LogP contribution in [0.3, 0.4) is 0 Å². The summed E-state index contributed by atoms with van der Waals surface area (Å²) in [4.78, 5) is 0. The van der Waals surface area contributed by atoms with E-state index in [4.69, 9.17) is 5.26 Å². The molecule has 0 amide bonds. The highest BCUT2D eigenvalue weighted by molar-refractivity contribution is 9.10. The molecular weight excluding hydrogens is 283 g/mol. The number of halogens is 2. The lowest BCUT2D eigenvalue weighted by molar-refractivity contribution is 0.321. The predicted octanol–water partition coefficient (Wildman–Crippen LogP) is 4.14. The molecule has 2 nitrogen and oxygen atoms in total. The van der Waals surface area contributed by atoms with Crippen molar-refractivity contribution in [2.75, 3.05) is 0 Å². The van der Waals surface area contributed by atoms with E-state index in [2.05, 4.69) is 26.6 Å². The van der Waals surface area contributed by atoms with Crippen molar-refractivity contribution < 1.29 is 4.39 Å². The lowest BCUT2D eigenvalue weighted by Crippen LogP contribution is -2.15. The summed E-state index contributed by atoms with van der Waals surface area (Å²) >= 11 is 3.20. The monoisotopic (exact) mass is 292 g/mol. The lowest BCUT2D eigenvalue weighted by Gasteiger charge is -2.28. The van der Waals surface area contributed by atoms with Gasteiger partial charge in [0.25, 0.3) is 0 Å². The molecule has 1 aliphatic rings. The maximum absolute atomic E-state index is 13.5. The summed E-state index contributed by atoms with van der Waals surface area (Å²) in [6.07, 6.45) is 5.36. The molecule has 1 heterocycles. The summed E-state index contributed by atoms with van der Waals surface area (Å²) in [7, 11) is 0. The van der Waals surface area contributed by atoms with Crippen LogP contribution >= 0.6 is 15.9 Å². The SMILES string of the molecule is N#Cc1cn(C2CCC2)c2cc(Br)c(F)cc12. The molecule has 3 rings (SSSR count). The third-order valence-electron chi connectivity index (χ3n) is 3.46. The van der Waals surface area contributed by atoms with Crippen LogP contribution in [0, 0.1) is 17.1 Å². The molecule has 1 aromatic heterocycles. The van der Waals surface area contributed by atoms with Gasteiger partial charge in [-0.1, -0.05) is 0 Å². The van der Waals surface area contributed by atoms with Gasteiger partial charge in [-0.25, -0.2) is 4.39 Å². The molecule has 86 valence electrons. The fourth-order valence-corrected chi connectivity index (χ4v) is 2.63. The van der Waals surface area contributed by atoms with Crippen molar-refractivity contribution >= 4 is 26.8 Å². The molecule has 0 saturated heterocycles. The van der Waals surface area contributed by atoms with Gasteiger partial charge < -0.3 is 4.57 Å². The van der Waals surface area contributed by atoms with Crippen LogP contribution in [-0.4, -0.2) is 4.57 Å². The zero-order valence-electron chi connectivity index (χ0n) is 9.08. The first-order valence-corrected chi connectivity index (χ1v) is 6.39. The molecule has 1 aromatic carbocycles. The molecule has 1 aliphatic carbocycles. The fourth-order valence-electron chi connectivity index (χ4n) is 2.30. The van der Waals surface area contributed by atoms with E-state index >= 15 is 0 Å². The van der Waals surface area contributed by atoms with Gasteiger partial charge in [0.05, 0.1) is 15.6 Å². The summed E-state index contributed by atoms with van der Waals surface area (Å²) in [6.45, 7) is 0. The van der Waals surface area contributed by atoms with Gasteiger partial charge in [0.2, 0.25) is 0 Å². The molecule has 0 N–H and O–H groups in total. The number of rotatable bonds is 1. The Kier molecular flexibility index (Phi) is 2.44.